The van der Waals surface area contributed by atoms with Crippen LogP contribution in [0.3, 0.4) is 0 Å². The van der Waals surface area contributed by atoms with Crippen LogP contribution in [0.2, 0.25) is 5.02 Å². The van der Waals surface area contributed by atoms with Gasteiger partial charge in [-0.3, -0.25) is 0 Å². The molecule has 168 valence electrons. The monoisotopic (exact) mass is 457 g/mol. The smallest absolute Gasteiger partial charge is 0.108 e. The normalized spacial score (nSPS) is 14.4. The van der Waals surface area contributed by atoms with E-state index in [4.69, 9.17) is 11.6 Å². The van der Waals surface area contributed by atoms with Gasteiger partial charge in [-0.2, -0.15) is 0 Å². The molecule has 0 spiro atoms. The Bertz CT molecular complexity index is 1250. The summed E-state index contributed by atoms with van der Waals surface area (Å²) in [5.41, 5.74) is 3.51. The lowest BCUT2D eigenvalue weighted by Crippen LogP contribution is -2.23. The zero-order chi connectivity index (χ0) is 23.3. The standard InChI is InChI=1S/C29H28ClNO2/c1-21(32)18-23-7-5-6-22(19-23)14-16-29(33,25-8-3-2-4-9-25)17-15-27-13-11-24-10-12-26(30)20-28(24)31-27/h2-13,15,17,19-21,32-33H,14,16,18H2,1H3/t21-,29?/m0/s1. The molecule has 0 aliphatic carbocycles. The molecule has 4 heteroatoms. The highest BCUT2D eigenvalue weighted by Gasteiger charge is 2.25. The molecule has 1 unspecified atom stereocenters. The van der Waals surface area contributed by atoms with Crippen molar-refractivity contribution >= 4 is 28.6 Å². The Hall–Kier alpha value is -2.98. The van der Waals surface area contributed by atoms with Gasteiger partial charge < -0.3 is 10.2 Å². The van der Waals surface area contributed by atoms with Crippen LogP contribution < -0.4 is 0 Å². The van der Waals surface area contributed by atoms with Crippen LogP contribution in [0.1, 0.15) is 35.7 Å². The summed E-state index contributed by atoms with van der Waals surface area (Å²) in [5.74, 6) is 0. The van der Waals surface area contributed by atoms with E-state index in [0.29, 0.717) is 24.3 Å². The molecule has 3 nitrogen and oxygen atoms in total. The second-order valence-electron chi connectivity index (χ2n) is 8.57. The molecule has 3 aromatic carbocycles. The summed E-state index contributed by atoms with van der Waals surface area (Å²) in [6.45, 7) is 1.79. The first-order chi connectivity index (χ1) is 15.9. The fourth-order valence-corrected chi connectivity index (χ4v) is 4.23. The summed E-state index contributed by atoms with van der Waals surface area (Å²) in [7, 11) is 0. The molecule has 0 bridgehead atoms. The van der Waals surface area contributed by atoms with Crippen molar-refractivity contribution in [3.63, 3.8) is 0 Å². The van der Waals surface area contributed by atoms with E-state index in [9.17, 15) is 10.2 Å². The molecule has 1 aromatic heterocycles. The van der Waals surface area contributed by atoms with Crippen molar-refractivity contribution < 1.29 is 10.2 Å². The molecule has 0 aliphatic heterocycles. The van der Waals surface area contributed by atoms with Gasteiger partial charge in [0.15, 0.2) is 0 Å². The molecule has 2 atom stereocenters. The minimum Gasteiger partial charge on any atom is -0.393 e. The zero-order valence-electron chi connectivity index (χ0n) is 18.7. The predicted octanol–water partition coefficient (Wildman–Crippen LogP) is 6.35. The van der Waals surface area contributed by atoms with Gasteiger partial charge in [-0.05, 0) is 73.2 Å². The molecule has 0 aliphatic rings. The van der Waals surface area contributed by atoms with Crippen molar-refractivity contribution in [2.75, 3.05) is 0 Å². The number of hydrogen-bond acceptors (Lipinski definition) is 3. The van der Waals surface area contributed by atoms with Gasteiger partial charge in [0.1, 0.15) is 5.60 Å². The quantitative estimate of drug-likeness (QED) is 0.324. The number of pyridine rings is 1. The summed E-state index contributed by atoms with van der Waals surface area (Å²) in [4.78, 5) is 4.68. The molecule has 0 amide bonds. The SMILES string of the molecule is C[C@H](O)Cc1cccc(CCC(O)(C=Cc2ccc3ccc(Cl)cc3n2)c2ccccc2)c1. The molecule has 0 saturated heterocycles. The number of nitrogens with zero attached hydrogens (tertiary/aromatic N) is 1. The van der Waals surface area contributed by atoms with E-state index in [1.807, 2.05) is 84.9 Å². The van der Waals surface area contributed by atoms with Crippen LogP contribution in [-0.2, 0) is 18.4 Å². The van der Waals surface area contributed by atoms with Crippen molar-refractivity contribution in [3.05, 3.63) is 118 Å². The second-order valence-corrected chi connectivity index (χ2v) is 9.01. The molecule has 0 saturated carbocycles. The van der Waals surface area contributed by atoms with Gasteiger partial charge in [-0.25, -0.2) is 4.98 Å². The maximum atomic E-state index is 11.7. The van der Waals surface area contributed by atoms with E-state index in [0.717, 1.165) is 33.3 Å². The van der Waals surface area contributed by atoms with Crippen molar-refractivity contribution in [2.45, 2.75) is 37.9 Å². The highest BCUT2D eigenvalue weighted by atomic mass is 35.5. The Labute approximate surface area is 200 Å². The lowest BCUT2D eigenvalue weighted by atomic mass is 9.86. The minimum atomic E-state index is -1.15. The van der Waals surface area contributed by atoms with Crippen LogP contribution in [0.5, 0.6) is 0 Å². The summed E-state index contributed by atoms with van der Waals surface area (Å²) < 4.78 is 0. The average molecular weight is 458 g/mol. The number of fused-ring (bicyclic) bond motifs is 1. The average Bonchev–Trinajstić information content (AvgIpc) is 2.81. The number of aliphatic hydroxyl groups excluding tert-OH is 1. The Balaban J connectivity index is 1.60. The van der Waals surface area contributed by atoms with Crippen LogP contribution in [-0.4, -0.2) is 21.3 Å². The third-order valence-electron chi connectivity index (χ3n) is 5.80. The Morgan fingerprint density at radius 1 is 0.939 bits per heavy atom. The third kappa shape index (κ3) is 6.08. The number of aryl methyl sites for hydroxylation is 1. The van der Waals surface area contributed by atoms with Gasteiger partial charge in [0.05, 0.1) is 17.3 Å². The number of hydrogen-bond donors (Lipinski definition) is 2. The highest BCUT2D eigenvalue weighted by molar-refractivity contribution is 6.31. The van der Waals surface area contributed by atoms with Crippen molar-refractivity contribution in [2.24, 2.45) is 0 Å². The third-order valence-corrected chi connectivity index (χ3v) is 6.03. The largest absolute Gasteiger partial charge is 0.393 e. The molecular weight excluding hydrogens is 430 g/mol. The lowest BCUT2D eigenvalue weighted by molar-refractivity contribution is 0.0807. The molecule has 0 radical (unpaired) electrons. The fourth-order valence-electron chi connectivity index (χ4n) is 4.06. The number of aliphatic hydroxyl groups is 2. The summed E-state index contributed by atoms with van der Waals surface area (Å²) in [6, 6.07) is 27.5. The fraction of sp³-hybridized carbons (Fsp3) is 0.207. The van der Waals surface area contributed by atoms with Crippen molar-refractivity contribution in [1.82, 2.24) is 4.98 Å². The van der Waals surface area contributed by atoms with Gasteiger partial charge in [0.2, 0.25) is 0 Å². The van der Waals surface area contributed by atoms with Crippen LogP contribution in [0.15, 0.2) is 91.0 Å². The highest BCUT2D eigenvalue weighted by Crippen LogP contribution is 2.30. The minimum absolute atomic E-state index is 0.381. The molecule has 2 N–H and O–H groups in total. The maximum Gasteiger partial charge on any atom is 0.108 e. The van der Waals surface area contributed by atoms with Crippen LogP contribution in [0.25, 0.3) is 17.0 Å². The van der Waals surface area contributed by atoms with Crippen LogP contribution in [0.4, 0.5) is 0 Å². The van der Waals surface area contributed by atoms with Crippen LogP contribution in [0, 0.1) is 0 Å². The maximum absolute atomic E-state index is 11.7. The molecule has 1 heterocycles. The summed E-state index contributed by atoms with van der Waals surface area (Å²) >= 11 is 6.13. The first-order valence-corrected chi connectivity index (χ1v) is 11.6. The lowest BCUT2D eigenvalue weighted by Gasteiger charge is -2.25. The van der Waals surface area contributed by atoms with E-state index >= 15 is 0 Å². The first kappa shape index (κ1) is 23.2. The number of aromatic nitrogens is 1. The van der Waals surface area contributed by atoms with E-state index in [2.05, 4.69) is 17.1 Å². The number of halogens is 1. The summed E-state index contributed by atoms with van der Waals surface area (Å²) in [6.07, 6.45) is 5.16. The summed E-state index contributed by atoms with van der Waals surface area (Å²) in [5, 5.41) is 23.1. The van der Waals surface area contributed by atoms with Crippen molar-refractivity contribution in [3.8, 4) is 0 Å². The van der Waals surface area contributed by atoms with Gasteiger partial charge >= 0.3 is 0 Å². The van der Waals surface area contributed by atoms with E-state index < -0.39 is 5.60 Å². The predicted molar refractivity (Wildman–Crippen MR) is 136 cm³/mol. The van der Waals surface area contributed by atoms with Gasteiger partial charge in [0.25, 0.3) is 0 Å². The Morgan fingerprint density at radius 3 is 2.48 bits per heavy atom. The number of benzene rings is 3. The Morgan fingerprint density at radius 2 is 1.70 bits per heavy atom. The molecule has 33 heavy (non-hydrogen) atoms. The molecule has 4 aromatic rings. The van der Waals surface area contributed by atoms with E-state index in [-0.39, 0.29) is 6.10 Å². The first-order valence-electron chi connectivity index (χ1n) is 11.2. The number of rotatable bonds is 8. The van der Waals surface area contributed by atoms with E-state index in [1.165, 1.54) is 0 Å². The molecular formula is C29H28ClNO2. The topological polar surface area (TPSA) is 53.4 Å². The zero-order valence-corrected chi connectivity index (χ0v) is 19.4. The Kier molecular flexibility index (Phi) is 7.24. The van der Waals surface area contributed by atoms with Gasteiger partial charge in [-0.15, -0.1) is 0 Å². The van der Waals surface area contributed by atoms with Crippen LogP contribution >= 0.6 is 11.6 Å². The van der Waals surface area contributed by atoms with Crippen molar-refractivity contribution in [1.29, 1.82) is 0 Å². The van der Waals surface area contributed by atoms with E-state index in [1.54, 1.807) is 6.92 Å². The molecule has 4 rings (SSSR count). The van der Waals surface area contributed by atoms with Gasteiger partial charge in [-0.1, -0.05) is 78.3 Å². The molecule has 0 fully saturated rings. The van der Waals surface area contributed by atoms with Gasteiger partial charge in [0, 0.05) is 10.4 Å². The second kappa shape index (κ2) is 10.3.